The molecule has 0 aromatic heterocycles. The number of ether oxygens (including phenoxy) is 6. The molecule has 15 heteroatoms. The summed E-state index contributed by atoms with van der Waals surface area (Å²) < 4.78 is 35.6. The van der Waals surface area contributed by atoms with Gasteiger partial charge in [0, 0.05) is 58.5 Å². The highest BCUT2D eigenvalue weighted by Gasteiger charge is 2.53. The van der Waals surface area contributed by atoms with E-state index in [1.165, 1.54) is 12.0 Å². The third-order valence-corrected chi connectivity index (χ3v) is 14.9. The van der Waals surface area contributed by atoms with Gasteiger partial charge in [0.1, 0.15) is 30.1 Å². The van der Waals surface area contributed by atoms with Crippen molar-refractivity contribution in [3.05, 3.63) is 47.6 Å². The van der Waals surface area contributed by atoms with Crippen LogP contribution in [0.25, 0.3) is 0 Å². The number of carbonyl (C=O) groups excluding carboxylic acids is 5. The summed E-state index contributed by atoms with van der Waals surface area (Å²) >= 11 is 0. The number of Topliss-reactive ketones (excluding diaryl/α,β-unsaturated/α-hetero) is 3. The van der Waals surface area contributed by atoms with E-state index in [4.69, 9.17) is 28.4 Å². The first-order valence-corrected chi connectivity index (χ1v) is 25.0. The van der Waals surface area contributed by atoms with Crippen LogP contribution < -0.4 is 0 Å². The summed E-state index contributed by atoms with van der Waals surface area (Å²) in [7, 11) is 4.58. The smallest absolute Gasteiger partial charge is 0.329 e. The van der Waals surface area contributed by atoms with Crippen molar-refractivity contribution in [3.8, 4) is 0 Å². The first-order chi connectivity index (χ1) is 32.3. The maximum Gasteiger partial charge on any atom is 0.329 e. The molecule has 0 aromatic carbocycles. The number of rotatable bonds is 9. The van der Waals surface area contributed by atoms with Crippen LogP contribution in [0.2, 0.25) is 0 Å². The number of piperidine rings is 1. The summed E-state index contributed by atoms with van der Waals surface area (Å²) in [5, 5.41) is 32.8. The second kappa shape index (κ2) is 27.3. The van der Waals surface area contributed by atoms with E-state index < -0.39 is 77.8 Å². The van der Waals surface area contributed by atoms with Crippen LogP contribution >= 0.6 is 0 Å². The molecule has 0 spiro atoms. The standard InChI is InChI=1S/C53H83NO14/c1-32-16-12-11-13-17-33(2)44(63-8)30-40-21-19-38(7)53(62,68-40)50(59)51(60)54-23-15-14-18-41(54)52(61)67-45(35(4)28-39-20-22-43(66-25-24-55)46(29-39)64-9)31-42(56)34(3)27-37(6)48(58)49(65-10)47(57)36(5)26-32/h11-13,16-17,27,32,34-36,38-41,43-46,48-49,55,58,62H,14-15,18-26,28-31H2,1-10H3/b13-11?,16-12-,33-17?,37-27+/t32-,34+,35+,36+,38+,39-,40-,41-,43+,44-,45-,46+,48+,49-,53+/m0/s1. The Morgan fingerprint density at radius 1 is 0.853 bits per heavy atom. The van der Waals surface area contributed by atoms with Crippen molar-refractivity contribution < 1.29 is 67.7 Å². The minimum Gasteiger partial charge on any atom is -0.460 e. The zero-order valence-electron chi connectivity index (χ0n) is 42.4. The Morgan fingerprint density at radius 2 is 1.59 bits per heavy atom. The van der Waals surface area contributed by atoms with E-state index in [0.717, 1.165) is 12.0 Å². The van der Waals surface area contributed by atoms with E-state index in [1.54, 1.807) is 41.1 Å². The lowest BCUT2D eigenvalue weighted by molar-refractivity contribution is -0.265. The number of aliphatic hydroxyl groups excluding tert-OH is 2. The Hall–Kier alpha value is -3.41. The van der Waals surface area contributed by atoms with Gasteiger partial charge in [0.25, 0.3) is 11.7 Å². The predicted octanol–water partition coefficient (Wildman–Crippen LogP) is 6.20. The van der Waals surface area contributed by atoms with Gasteiger partial charge >= 0.3 is 5.97 Å². The zero-order chi connectivity index (χ0) is 50.3. The number of amides is 1. The summed E-state index contributed by atoms with van der Waals surface area (Å²) in [6.07, 6.45) is 12.0. The van der Waals surface area contributed by atoms with Gasteiger partial charge < -0.3 is 48.6 Å². The number of aliphatic hydroxyl groups is 3. The molecule has 3 heterocycles. The van der Waals surface area contributed by atoms with Crippen molar-refractivity contribution in [1.82, 2.24) is 4.90 Å². The number of nitrogens with zero attached hydrogens (tertiary/aromatic N) is 1. The molecule has 0 aromatic rings. The Bertz CT molecular complexity index is 1810. The molecular weight excluding hydrogens is 875 g/mol. The van der Waals surface area contributed by atoms with Crippen LogP contribution in [0.5, 0.6) is 0 Å². The van der Waals surface area contributed by atoms with E-state index in [2.05, 4.69) is 0 Å². The number of cyclic esters (lactones) is 1. The highest BCUT2D eigenvalue weighted by molar-refractivity contribution is 6.39. The van der Waals surface area contributed by atoms with Crippen LogP contribution in [0.15, 0.2) is 47.6 Å². The number of hydrogen-bond acceptors (Lipinski definition) is 14. The van der Waals surface area contributed by atoms with Gasteiger partial charge in [-0.15, -0.1) is 0 Å². The number of ketones is 3. The van der Waals surface area contributed by atoms with Crippen LogP contribution in [0.4, 0.5) is 0 Å². The van der Waals surface area contributed by atoms with Crippen molar-refractivity contribution in [2.75, 3.05) is 41.1 Å². The second-order valence-corrected chi connectivity index (χ2v) is 20.2. The zero-order valence-corrected chi connectivity index (χ0v) is 42.4. The number of carbonyl (C=O) groups is 5. The van der Waals surface area contributed by atoms with Gasteiger partial charge in [-0.2, -0.15) is 0 Å². The molecule has 4 aliphatic rings. The molecule has 0 unspecified atom stereocenters. The van der Waals surface area contributed by atoms with Gasteiger partial charge in [0.05, 0.1) is 37.6 Å². The van der Waals surface area contributed by atoms with Gasteiger partial charge in [0.15, 0.2) is 5.78 Å². The van der Waals surface area contributed by atoms with Gasteiger partial charge in [0.2, 0.25) is 5.79 Å². The fourth-order valence-electron chi connectivity index (χ4n) is 10.5. The third-order valence-electron chi connectivity index (χ3n) is 14.9. The fourth-order valence-corrected chi connectivity index (χ4v) is 10.5. The molecule has 3 aliphatic heterocycles. The summed E-state index contributed by atoms with van der Waals surface area (Å²) in [6, 6.07) is -1.14. The van der Waals surface area contributed by atoms with Crippen LogP contribution in [0.1, 0.15) is 126 Å². The quantitative estimate of drug-likeness (QED) is 0.134. The number of fused-ring (bicyclic) bond motifs is 3. The third kappa shape index (κ3) is 15.3. The summed E-state index contributed by atoms with van der Waals surface area (Å²) in [5.74, 6) is -7.96. The maximum atomic E-state index is 14.5. The van der Waals surface area contributed by atoms with Crippen LogP contribution in [-0.2, 0) is 52.4 Å². The monoisotopic (exact) mass is 958 g/mol. The molecule has 3 fully saturated rings. The van der Waals surface area contributed by atoms with E-state index in [-0.39, 0.29) is 74.1 Å². The van der Waals surface area contributed by atoms with Crippen molar-refractivity contribution in [1.29, 1.82) is 0 Å². The van der Waals surface area contributed by atoms with E-state index >= 15 is 0 Å². The Morgan fingerprint density at radius 3 is 2.26 bits per heavy atom. The summed E-state index contributed by atoms with van der Waals surface area (Å²) in [5.41, 5.74) is 1.26. The molecule has 2 saturated heterocycles. The number of hydrogen-bond donors (Lipinski definition) is 3. The molecule has 1 saturated carbocycles. The lowest BCUT2D eigenvalue weighted by Gasteiger charge is -2.42. The molecule has 15 nitrogen and oxygen atoms in total. The lowest BCUT2D eigenvalue weighted by atomic mass is 9.78. The number of allylic oxidation sites excluding steroid dienone is 6. The van der Waals surface area contributed by atoms with E-state index in [9.17, 15) is 39.3 Å². The van der Waals surface area contributed by atoms with Crippen LogP contribution in [0.3, 0.4) is 0 Å². The molecule has 4 rings (SSSR count). The average molecular weight is 958 g/mol. The Kier molecular flexibility index (Phi) is 22.9. The number of esters is 1. The first kappa shape index (κ1) is 57.2. The van der Waals surface area contributed by atoms with E-state index in [1.807, 2.05) is 58.1 Å². The van der Waals surface area contributed by atoms with Gasteiger partial charge in [-0.05, 0) is 107 Å². The van der Waals surface area contributed by atoms with E-state index in [0.29, 0.717) is 63.4 Å². The molecule has 2 bridgehead atoms. The molecule has 0 radical (unpaired) electrons. The van der Waals surface area contributed by atoms with Crippen molar-refractivity contribution in [2.45, 2.75) is 180 Å². The van der Waals surface area contributed by atoms with Crippen molar-refractivity contribution >= 4 is 29.2 Å². The lowest BCUT2D eigenvalue weighted by Crippen LogP contribution is -2.61. The Balaban J connectivity index is 1.70. The summed E-state index contributed by atoms with van der Waals surface area (Å²) in [6.45, 7) is 12.9. The maximum absolute atomic E-state index is 14.5. The molecular formula is C53H83NO14. The van der Waals surface area contributed by atoms with Crippen LogP contribution in [-0.4, -0.2) is 145 Å². The molecule has 15 atom stereocenters. The predicted molar refractivity (Wildman–Crippen MR) is 256 cm³/mol. The minimum absolute atomic E-state index is 0.0158. The molecule has 1 amide bonds. The van der Waals surface area contributed by atoms with Gasteiger partial charge in [-0.25, -0.2) is 4.79 Å². The topological polar surface area (TPSA) is 205 Å². The normalized spacial score (nSPS) is 37.9. The summed E-state index contributed by atoms with van der Waals surface area (Å²) in [4.78, 5) is 72.1. The van der Waals surface area contributed by atoms with Crippen molar-refractivity contribution in [2.24, 2.45) is 35.5 Å². The highest BCUT2D eigenvalue weighted by atomic mass is 16.6. The number of methoxy groups -OCH3 is 3. The van der Waals surface area contributed by atoms with Gasteiger partial charge in [-0.1, -0.05) is 71.1 Å². The molecule has 3 N–H and O–H groups in total. The first-order valence-electron chi connectivity index (χ1n) is 25.0. The van der Waals surface area contributed by atoms with Crippen molar-refractivity contribution in [3.63, 3.8) is 0 Å². The second-order valence-electron chi connectivity index (χ2n) is 20.2. The average Bonchev–Trinajstić information content (AvgIpc) is 3.32. The fraction of sp³-hybridized carbons (Fsp3) is 0.755. The SMILES string of the molecule is CO[C@H]1C[C@@H]2CC[C@@H](C)[C@@](O)(O2)C(=O)C(=O)N2CCCC[C@H]2C(=O)O[C@H]([C@H](C)C[C@@H]2CC[C@@H](OCCO)[C@H](OC)C2)CC(=O)[C@H](C)/C=C(\C)[C@@H](O)[C@@H](OC)C(=O)[C@H](C)C[C@@H](C)/C=C\C=CC=C1C. The molecule has 1 aliphatic carbocycles. The van der Waals surface area contributed by atoms with Gasteiger partial charge in [-0.3, -0.25) is 19.2 Å². The van der Waals surface area contributed by atoms with Crippen LogP contribution in [0, 0.1) is 35.5 Å². The molecule has 384 valence electrons. The Labute approximate surface area is 405 Å². The highest BCUT2D eigenvalue weighted by Crippen LogP contribution is 2.38. The minimum atomic E-state index is -2.43. The molecule has 68 heavy (non-hydrogen) atoms. The largest absolute Gasteiger partial charge is 0.460 e.